The summed E-state index contributed by atoms with van der Waals surface area (Å²) in [6, 6.07) is 7.49. The van der Waals surface area contributed by atoms with Gasteiger partial charge in [0.15, 0.2) is 0 Å². The molecule has 0 fully saturated rings. The molecule has 0 saturated heterocycles. The molecule has 0 aliphatic rings. The average Bonchev–Trinajstić information content (AvgIpc) is 2.45. The summed E-state index contributed by atoms with van der Waals surface area (Å²) in [4.78, 5) is 21.8. The highest BCUT2D eigenvalue weighted by Gasteiger charge is 2.07. The Hall–Kier alpha value is -2.24. The number of urea groups is 1. The molecule has 6 heteroatoms. The Balaban J connectivity index is 2.24. The molecule has 0 saturated carbocycles. The predicted octanol–water partition coefficient (Wildman–Crippen LogP) is 1.79. The second kappa shape index (κ2) is 8.84. The lowest BCUT2D eigenvalue weighted by Gasteiger charge is -2.14. The van der Waals surface area contributed by atoms with Crippen LogP contribution in [0.1, 0.15) is 25.3 Å². The van der Waals surface area contributed by atoms with Crippen molar-refractivity contribution in [2.75, 3.05) is 13.7 Å². The number of carboxylic acid groups (broad SMARTS) is 1. The first kappa shape index (κ1) is 16.8. The third kappa shape index (κ3) is 7.20. The zero-order valence-electron chi connectivity index (χ0n) is 12.4. The number of methoxy groups -OCH3 is 1. The van der Waals surface area contributed by atoms with E-state index in [1.54, 1.807) is 7.11 Å². The van der Waals surface area contributed by atoms with Gasteiger partial charge in [0.25, 0.3) is 0 Å². The Bertz CT molecular complexity index is 459. The zero-order chi connectivity index (χ0) is 15.7. The van der Waals surface area contributed by atoms with Crippen LogP contribution in [-0.4, -0.2) is 36.8 Å². The van der Waals surface area contributed by atoms with E-state index < -0.39 is 5.97 Å². The number of nitrogens with one attached hydrogen (secondary N) is 2. The lowest BCUT2D eigenvalue weighted by atomic mass is 10.1. The number of aryl methyl sites for hydroxylation is 1. The highest BCUT2D eigenvalue weighted by Crippen LogP contribution is 2.13. The van der Waals surface area contributed by atoms with Crippen molar-refractivity contribution in [1.29, 1.82) is 0 Å². The lowest BCUT2D eigenvalue weighted by molar-refractivity contribution is -0.136. The molecule has 21 heavy (non-hydrogen) atoms. The second-order valence-electron chi connectivity index (χ2n) is 4.83. The molecule has 0 heterocycles. The summed E-state index contributed by atoms with van der Waals surface area (Å²) in [5.74, 6) is -0.106. The van der Waals surface area contributed by atoms with Gasteiger partial charge in [0.1, 0.15) is 5.75 Å². The van der Waals surface area contributed by atoms with Crippen molar-refractivity contribution in [2.45, 2.75) is 32.2 Å². The van der Waals surface area contributed by atoms with Crippen LogP contribution in [0.15, 0.2) is 24.3 Å². The maximum absolute atomic E-state index is 11.5. The maximum atomic E-state index is 11.5. The van der Waals surface area contributed by atoms with Gasteiger partial charge in [0.05, 0.1) is 13.5 Å². The van der Waals surface area contributed by atoms with Gasteiger partial charge in [-0.15, -0.1) is 0 Å². The minimum atomic E-state index is -0.928. The van der Waals surface area contributed by atoms with Crippen molar-refractivity contribution in [3.8, 4) is 5.75 Å². The smallest absolute Gasteiger partial charge is 0.315 e. The monoisotopic (exact) mass is 294 g/mol. The summed E-state index contributed by atoms with van der Waals surface area (Å²) in [6.07, 6.45) is 1.58. The number of aliphatic carboxylic acids is 1. The largest absolute Gasteiger partial charge is 0.497 e. The van der Waals surface area contributed by atoms with Crippen molar-refractivity contribution in [2.24, 2.45) is 0 Å². The average molecular weight is 294 g/mol. The highest BCUT2D eigenvalue weighted by molar-refractivity contribution is 5.75. The summed E-state index contributed by atoms with van der Waals surface area (Å²) >= 11 is 0. The summed E-state index contributed by atoms with van der Waals surface area (Å²) in [6.45, 7) is 2.05. The molecule has 1 atom stereocenters. The standard InChI is InChI=1S/C15H22N2O4/c1-11(17-15(20)16-10-9-14(18)19)3-4-12-5-7-13(21-2)8-6-12/h5-8,11H,3-4,9-10H2,1-2H3,(H,18,19)(H2,16,17,20). The summed E-state index contributed by atoms with van der Waals surface area (Å²) in [5.41, 5.74) is 1.18. The van der Waals surface area contributed by atoms with Crippen molar-refractivity contribution in [1.82, 2.24) is 10.6 Å². The van der Waals surface area contributed by atoms with E-state index in [2.05, 4.69) is 10.6 Å². The molecule has 0 aliphatic carbocycles. The van der Waals surface area contributed by atoms with Crippen LogP contribution in [0.3, 0.4) is 0 Å². The van der Waals surface area contributed by atoms with Crippen LogP contribution >= 0.6 is 0 Å². The second-order valence-corrected chi connectivity index (χ2v) is 4.83. The van der Waals surface area contributed by atoms with Crippen LogP contribution in [-0.2, 0) is 11.2 Å². The van der Waals surface area contributed by atoms with Gasteiger partial charge in [-0.3, -0.25) is 4.79 Å². The van der Waals surface area contributed by atoms with E-state index in [9.17, 15) is 9.59 Å². The number of hydrogen-bond acceptors (Lipinski definition) is 3. The van der Waals surface area contributed by atoms with Crippen LogP contribution in [0.25, 0.3) is 0 Å². The third-order valence-electron chi connectivity index (χ3n) is 3.03. The van der Waals surface area contributed by atoms with Gasteiger partial charge in [0.2, 0.25) is 0 Å². The number of hydrogen-bond donors (Lipinski definition) is 3. The van der Waals surface area contributed by atoms with Crippen molar-refractivity contribution >= 4 is 12.0 Å². The quantitative estimate of drug-likeness (QED) is 0.682. The van der Waals surface area contributed by atoms with E-state index in [1.165, 1.54) is 5.56 Å². The molecule has 0 spiro atoms. The fourth-order valence-electron chi connectivity index (χ4n) is 1.81. The number of ether oxygens (including phenoxy) is 1. The molecule has 0 bridgehead atoms. The summed E-state index contributed by atoms with van der Waals surface area (Å²) in [5, 5.41) is 13.8. The molecule has 0 aliphatic heterocycles. The van der Waals surface area contributed by atoms with Gasteiger partial charge in [-0.05, 0) is 37.5 Å². The molecule has 0 aromatic heterocycles. The Morgan fingerprint density at radius 1 is 1.29 bits per heavy atom. The number of carboxylic acids is 1. The molecule has 1 unspecified atom stereocenters. The summed E-state index contributed by atoms with van der Waals surface area (Å²) < 4.78 is 5.09. The molecule has 116 valence electrons. The van der Waals surface area contributed by atoms with Crippen LogP contribution in [0.4, 0.5) is 4.79 Å². The van der Waals surface area contributed by atoms with Gasteiger partial charge in [0, 0.05) is 12.6 Å². The number of rotatable bonds is 8. The first-order valence-corrected chi connectivity index (χ1v) is 6.90. The van der Waals surface area contributed by atoms with E-state index in [0.717, 1.165) is 18.6 Å². The number of carbonyl (C=O) groups excluding carboxylic acids is 1. The van der Waals surface area contributed by atoms with Gasteiger partial charge >= 0.3 is 12.0 Å². The topological polar surface area (TPSA) is 87.7 Å². The predicted molar refractivity (Wildman–Crippen MR) is 79.6 cm³/mol. The van der Waals surface area contributed by atoms with E-state index in [-0.39, 0.29) is 25.0 Å². The number of benzene rings is 1. The molecule has 1 aromatic rings. The van der Waals surface area contributed by atoms with Crippen LogP contribution in [0, 0.1) is 0 Å². The number of amides is 2. The van der Waals surface area contributed by atoms with E-state index in [0.29, 0.717) is 0 Å². The Morgan fingerprint density at radius 2 is 1.95 bits per heavy atom. The fourth-order valence-corrected chi connectivity index (χ4v) is 1.81. The minimum absolute atomic E-state index is 0.0110. The Labute approximate surface area is 124 Å². The Morgan fingerprint density at radius 3 is 2.52 bits per heavy atom. The van der Waals surface area contributed by atoms with Crippen LogP contribution in [0.5, 0.6) is 5.75 Å². The Kier molecular flexibility index (Phi) is 7.08. The highest BCUT2D eigenvalue weighted by atomic mass is 16.5. The van der Waals surface area contributed by atoms with Crippen molar-refractivity contribution < 1.29 is 19.4 Å². The van der Waals surface area contributed by atoms with E-state index in [1.807, 2.05) is 31.2 Å². The SMILES string of the molecule is COc1ccc(CCC(C)NC(=O)NCCC(=O)O)cc1. The minimum Gasteiger partial charge on any atom is -0.497 e. The molecular weight excluding hydrogens is 272 g/mol. The molecular formula is C15H22N2O4. The van der Waals surface area contributed by atoms with E-state index in [4.69, 9.17) is 9.84 Å². The van der Waals surface area contributed by atoms with Crippen molar-refractivity contribution in [3.63, 3.8) is 0 Å². The molecule has 1 aromatic carbocycles. The normalized spacial score (nSPS) is 11.5. The zero-order valence-corrected chi connectivity index (χ0v) is 12.4. The van der Waals surface area contributed by atoms with Gasteiger partial charge in [-0.1, -0.05) is 12.1 Å². The summed E-state index contributed by atoms with van der Waals surface area (Å²) in [7, 11) is 1.63. The first-order valence-electron chi connectivity index (χ1n) is 6.90. The first-order chi connectivity index (χ1) is 10.0. The third-order valence-corrected chi connectivity index (χ3v) is 3.03. The molecule has 0 radical (unpaired) electrons. The maximum Gasteiger partial charge on any atom is 0.315 e. The fraction of sp³-hybridized carbons (Fsp3) is 0.467. The van der Waals surface area contributed by atoms with Gasteiger partial charge in [-0.25, -0.2) is 4.79 Å². The molecule has 3 N–H and O–H groups in total. The van der Waals surface area contributed by atoms with Crippen molar-refractivity contribution in [3.05, 3.63) is 29.8 Å². The molecule has 2 amide bonds. The van der Waals surface area contributed by atoms with E-state index >= 15 is 0 Å². The van der Waals surface area contributed by atoms with Crippen LogP contribution < -0.4 is 15.4 Å². The number of carbonyl (C=O) groups is 2. The molecule has 6 nitrogen and oxygen atoms in total. The molecule has 1 rings (SSSR count). The van der Waals surface area contributed by atoms with Gasteiger partial charge < -0.3 is 20.5 Å². The lowest BCUT2D eigenvalue weighted by Crippen LogP contribution is -2.41. The van der Waals surface area contributed by atoms with Gasteiger partial charge in [-0.2, -0.15) is 0 Å². The van der Waals surface area contributed by atoms with Crippen LogP contribution in [0.2, 0.25) is 0 Å².